The van der Waals surface area contributed by atoms with Gasteiger partial charge in [0.05, 0.1) is 17.2 Å². The first-order valence-electron chi connectivity index (χ1n) is 3.40. The Morgan fingerprint density at radius 3 is 2.75 bits per heavy atom. The molecule has 0 heterocycles. The van der Waals surface area contributed by atoms with Gasteiger partial charge in [-0.2, -0.15) is 5.26 Å². The van der Waals surface area contributed by atoms with E-state index in [0.29, 0.717) is 11.1 Å². The van der Waals surface area contributed by atoms with Crippen LogP contribution in [-0.2, 0) is 0 Å². The van der Waals surface area contributed by atoms with E-state index >= 15 is 0 Å². The van der Waals surface area contributed by atoms with Gasteiger partial charge in [-0.3, -0.25) is 0 Å². The first-order valence-corrected chi connectivity index (χ1v) is 3.40. The largest absolute Gasteiger partial charge is 0.478 e. The van der Waals surface area contributed by atoms with Crippen molar-refractivity contribution in [2.75, 3.05) is 0 Å². The maximum absolute atomic E-state index is 10.6. The summed E-state index contributed by atoms with van der Waals surface area (Å²) in [6, 6.07) is 6.58. The minimum absolute atomic E-state index is 0.189. The van der Waals surface area contributed by atoms with Crippen LogP contribution in [0.4, 0.5) is 0 Å². The van der Waals surface area contributed by atoms with Gasteiger partial charge < -0.3 is 5.11 Å². The van der Waals surface area contributed by atoms with Crippen molar-refractivity contribution in [3.63, 3.8) is 0 Å². The highest BCUT2D eigenvalue weighted by Gasteiger charge is 2.08. The lowest BCUT2D eigenvalue weighted by atomic mass is 10.0. The van der Waals surface area contributed by atoms with Gasteiger partial charge in [-0.05, 0) is 24.6 Å². The monoisotopic (exact) mass is 161 g/mol. The van der Waals surface area contributed by atoms with Gasteiger partial charge in [0.1, 0.15) is 0 Å². The fourth-order valence-electron chi connectivity index (χ4n) is 0.988. The standard InChI is InChI=1S/C9H7NO2/c1-6-7(5-10)3-2-4-8(6)9(11)12/h2-4H,1H3,(H,11,12). The second kappa shape index (κ2) is 3.05. The molecule has 1 aromatic rings. The highest BCUT2D eigenvalue weighted by atomic mass is 16.4. The molecule has 0 aromatic heterocycles. The number of hydrogen-bond donors (Lipinski definition) is 1. The van der Waals surface area contributed by atoms with Gasteiger partial charge in [0.2, 0.25) is 0 Å². The summed E-state index contributed by atoms with van der Waals surface area (Å²) in [6.07, 6.45) is 0. The lowest BCUT2D eigenvalue weighted by molar-refractivity contribution is 0.0696. The van der Waals surface area contributed by atoms with Crippen LogP contribution in [-0.4, -0.2) is 11.1 Å². The molecule has 1 N–H and O–H groups in total. The number of nitrogens with zero attached hydrogens (tertiary/aromatic N) is 1. The SMILES string of the molecule is Cc1c(C#N)cccc1C(=O)O. The van der Waals surface area contributed by atoms with E-state index in [1.807, 2.05) is 6.07 Å². The molecule has 0 atom stereocenters. The van der Waals surface area contributed by atoms with Crippen molar-refractivity contribution in [3.8, 4) is 6.07 Å². The van der Waals surface area contributed by atoms with Crippen LogP contribution in [0.5, 0.6) is 0 Å². The second-order valence-electron chi connectivity index (χ2n) is 2.40. The van der Waals surface area contributed by atoms with Crippen molar-refractivity contribution in [1.29, 1.82) is 5.26 Å². The van der Waals surface area contributed by atoms with Gasteiger partial charge >= 0.3 is 5.97 Å². The van der Waals surface area contributed by atoms with Gasteiger partial charge in [-0.1, -0.05) is 6.07 Å². The van der Waals surface area contributed by atoms with Crippen LogP contribution in [0.3, 0.4) is 0 Å². The van der Waals surface area contributed by atoms with E-state index in [4.69, 9.17) is 10.4 Å². The number of hydrogen-bond acceptors (Lipinski definition) is 2. The Kier molecular flexibility index (Phi) is 2.11. The Balaban J connectivity index is 3.35. The van der Waals surface area contributed by atoms with E-state index in [1.54, 1.807) is 19.1 Å². The molecule has 0 aliphatic carbocycles. The molecule has 1 aromatic carbocycles. The smallest absolute Gasteiger partial charge is 0.335 e. The van der Waals surface area contributed by atoms with E-state index in [1.165, 1.54) is 6.07 Å². The maximum Gasteiger partial charge on any atom is 0.335 e. The van der Waals surface area contributed by atoms with Crippen LogP contribution in [0.1, 0.15) is 21.5 Å². The van der Waals surface area contributed by atoms with E-state index in [-0.39, 0.29) is 5.56 Å². The average molecular weight is 161 g/mol. The summed E-state index contributed by atoms with van der Waals surface area (Å²) >= 11 is 0. The second-order valence-corrected chi connectivity index (χ2v) is 2.40. The zero-order valence-corrected chi connectivity index (χ0v) is 6.53. The average Bonchev–Trinajstić information content (AvgIpc) is 2.04. The molecule has 0 aliphatic heterocycles. The number of aromatic carboxylic acids is 1. The van der Waals surface area contributed by atoms with Crippen LogP contribution < -0.4 is 0 Å². The quantitative estimate of drug-likeness (QED) is 0.679. The number of rotatable bonds is 1. The van der Waals surface area contributed by atoms with Crippen LogP contribution in [0.2, 0.25) is 0 Å². The van der Waals surface area contributed by atoms with E-state index in [9.17, 15) is 4.79 Å². The van der Waals surface area contributed by atoms with Crippen LogP contribution in [0.15, 0.2) is 18.2 Å². The number of benzene rings is 1. The lowest BCUT2D eigenvalue weighted by Crippen LogP contribution is -2.00. The Hall–Kier alpha value is -1.82. The summed E-state index contributed by atoms with van der Waals surface area (Å²) in [7, 11) is 0. The van der Waals surface area contributed by atoms with Crippen LogP contribution in [0.25, 0.3) is 0 Å². The van der Waals surface area contributed by atoms with Gasteiger partial charge in [0.25, 0.3) is 0 Å². The Morgan fingerprint density at radius 2 is 2.25 bits per heavy atom. The molecule has 0 bridgehead atoms. The van der Waals surface area contributed by atoms with Crippen molar-refractivity contribution in [2.24, 2.45) is 0 Å². The summed E-state index contributed by atoms with van der Waals surface area (Å²) < 4.78 is 0. The fraction of sp³-hybridized carbons (Fsp3) is 0.111. The Labute approximate surface area is 69.9 Å². The molecule has 0 spiro atoms. The molecule has 0 amide bonds. The van der Waals surface area contributed by atoms with Crippen molar-refractivity contribution in [1.82, 2.24) is 0 Å². The molecule has 0 saturated heterocycles. The highest BCUT2D eigenvalue weighted by Crippen LogP contribution is 2.12. The molecular weight excluding hydrogens is 154 g/mol. The third-order valence-corrected chi connectivity index (χ3v) is 1.68. The number of carbonyl (C=O) groups is 1. The first-order chi connectivity index (χ1) is 5.66. The van der Waals surface area contributed by atoms with Crippen LogP contribution in [0, 0.1) is 18.3 Å². The van der Waals surface area contributed by atoms with E-state index in [2.05, 4.69) is 0 Å². The highest BCUT2D eigenvalue weighted by molar-refractivity contribution is 5.89. The third kappa shape index (κ3) is 1.28. The van der Waals surface area contributed by atoms with Gasteiger partial charge in [0, 0.05) is 0 Å². The van der Waals surface area contributed by atoms with Gasteiger partial charge in [0.15, 0.2) is 0 Å². The first kappa shape index (κ1) is 8.28. The summed E-state index contributed by atoms with van der Waals surface area (Å²) in [6.45, 7) is 1.63. The molecule has 60 valence electrons. The fourth-order valence-corrected chi connectivity index (χ4v) is 0.988. The van der Waals surface area contributed by atoms with Crippen molar-refractivity contribution >= 4 is 5.97 Å². The minimum atomic E-state index is -0.996. The normalized spacial score (nSPS) is 9.00. The van der Waals surface area contributed by atoms with Crippen LogP contribution >= 0.6 is 0 Å². The van der Waals surface area contributed by atoms with E-state index < -0.39 is 5.97 Å². The summed E-state index contributed by atoms with van der Waals surface area (Å²) in [5.41, 5.74) is 1.12. The zero-order valence-electron chi connectivity index (χ0n) is 6.53. The number of carboxylic acids is 1. The number of nitriles is 1. The van der Waals surface area contributed by atoms with Gasteiger partial charge in [-0.25, -0.2) is 4.79 Å². The van der Waals surface area contributed by atoms with Crippen molar-refractivity contribution in [3.05, 3.63) is 34.9 Å². The van der Waals surface area contributed by atoms with Crippen molar-refractivity contribution in [2.45, 2.75) is 6.92 Å². The summed E-state index contributed by atoms with van der Waals surface area (Å²) in [5.74, 6) is -0.996. The molecule has 0 fully saturated rings. The maximum atomic E-state index is 10.6. The molecule has 3 nitrogen and oxygen atoms in total. The van der Waals surface area contributed by atoms with E-state index in [0.717, 1.165) is 0 Å². The third-order valence-electron chi connectivity index (χ3n) is 1.68. The Bertz CT molecular complexity index is 363. The minimum Gasteiger partial charge on any atom is -0.478 e. The molecular formula is C9H7NO2. The predicted octanol–water partition coefficient (Wildman–Crippen LogP) is 1.56. The zero-order chi connectivity index (χ0) is 9.14. The van der Waals surface area contributed by atoms with Crippen molar-refractivity contribution < 1.29 is 9.90 Å². The summed E-state index contributed by atoms with van der Waals surface area (Å²) in [4.78, 5) is 10.6. The van der Waals surface area contributed by atoms with Gasteiger partial charge in [-0.15, -0.1) is 0 Å². The molecule has 0 aliphatic rings. The molecule has 0 saturated carbocycles. The molecule has 0 radical (unpaired) electrons. The number of carboxylic acid groups (broad SMARTS) is 1. The molecule has 0 unspecified atom stereocenters. The summed E-state index contributed by atoms with van der Waals surface area (Å²) in [5, 5.41) is 17.3. The lowest BCUT2D eigenvalue weighted by Gasteiger charge is -2.00. The topological polar surface area (TPSA) is 61.1 Å². The molecule has 1 rings (SSSR count). The Morgan fingerprint density at radius 1 is 1.58 bits per heavy atom. The molecule has 12 heavy (non-hydrogen) atoms. The predicted molar refractivity (Wildman–Crippen MR) is 42.9 cm³/mol. The molecule has 3 heteroatoms.